The van der Waals surface area contributed by atoms with Gasteiger partial charge in [-0.2, -0.15) is 4.73 Å². The van der Waals surface area contributed by atoms with Crippen molar-refractivity contribution in [1.29, 1.82) is 0 Å². The Balaban J connectivity index is 1.57. The molecule has 0 bridgehead atoms. The van der Waals surface area contributed by atoms with Crippen LogP contribution in [0.25, 0.3) is 11.1 Å². The lowest BCUT2D eigenvalue weighted by atomic mass is 9.88. The van der Waals surface area contributed by atoms with Crippen molar-refractivity contribution in [3.05, 3.63) is 123 Å². The Bertz CT molecular complexity index is 1520. The summed E-state index contributed by atoms with van der Waals surface area (Å²) in [7, 11) is 0. The maximum absolute atomic E-state index is 14.6. The molecule has 3 aromatic carbocycles. The molecule has 2 heterocycles. The lowest BCUT2D eigenvalue weighted by Gasteiger charge is -2.18. The monoisotopic (exact) mass is 504 g/mol. The zero-order chi connectivity index (χ0) is 25.4. The van der Waals surface area contributed by atoms with Crippen LogP contribution in [0.2, 0.25) is 5.02 Å². The van der Waals surface area contributed by atoms with Crippen LogP contribution in [-0.4, -0.2) is 16.8 Å². The highest BCUT2D eigenvalue weighted by molar-refractivity contribution is 6.31. The number of hydrogen-bond donors (Lipinski definition) is 1. The molecule has 1 unspecified atom stereocenters. The number of carboxylic acid groups (broad SMARTS) is 1. The van der Waals surface area contributed by atoms with Crippen LogP contribution in [0.5, 0.6) is 0 Å². The Morgan fingerprint density at radius 1 is 1.08 bits per heavy atom. The van der Waals surface area contributed by atoms with E-state index in [9.17, 15) is 23.9 Å². The molecule has 0 radical (unpaired) electrons. The fourth-order valence-corrected chi connectivity index (χ4v) is 4.64. The first-order valence-electron chi connectivity index (χ1n) is 11.2. The van der Waals surface area contributed by atoms with Crippen molar-refractivity contribution in [1.82, 2.24) is 0 Å². The zero-order valence-corrected chi connectivity index (χ0v) is 19.5. The van der Waals surface area contributed by atoms with Crippen molar-refractivity contribution in [3.8, 4) is 11.1 Å². The molecule has 36 heavy (non-hydrogen) atoms. The van der Waals surface area contributed by atoms with E-state index in [1.165, 1.54) is 18.2 Å². The number of aromatic nitrogens is 1. The van der Waals surface area contributed by atoms with Crippen LogP contribution in [0, 0.1) is 16.8 Å². The number of fused-ring (bicyclic) bond motifs is 1. The first-order chi connectivity index (χ1) is 17.3. The summed E-state index contributed by atoms with van der Waals surface area (Å²) >= 11 is 5.83. The van der Waals surface area contributed by atoms with Gasteiger partial charge in [0.25, 0.3) is 0 Å². The molecule has 0 aliphatic carbocycles. The average molecular weight is 505 g/mol. The first kappa shape index (κ1) is 23.6. The Morgan fingerprint density at radius 2 is 1.86 bits per heavy atom. The molecule has 1 aliphatic heterocycles. The number of nitrogens with zero attached hydrogens (tertiary/aromatic N) is 2. The van der Waals surface area contributed by atoms with E-state index in [-0.39, 0.29) is 21.7 Å². The molecule has 5 rings (SSSR count). The molecule has 0 spiro atoms. The third-order valence-corrected chi connectivity index (χ3v) is 6.58. The van der Waals surface area contributed by atoms with Crippen LogP contribution in [0.15, 0.2) is 84.0 Å². The van der Waals surface area contributed by atoms with E-state index in [0.29, 0.717) is 34.7 Å². The number of aliphatic imine (C=N–C) groups is 1. The van der Waals surface area contributed by atoms with Crippen molar-refractivity contribution in [3.63, 3.8) is 0 Å². The molecule has 1 aromatic heterocycles. The highest BCUT2D eigenvalue weighted by Gasteiger charge is 2.31. The predicted molar refractivity (Wildman–Crippen MR) is 133 cm³/mol. The Labute approximate surface area is 210 Å². The van der Waals surface area contributed by atoms with Gasteiger partial charge in [0.05, 0.1) is 33.3 Å². The van der Waals surface area contributed by atoms with Crippen molar-refractivity contribution < 1.29 is 23.4 Å². The van der Waals surface area contributed by atoms with Gasteiger partial charge in [0.1, 0.15) is 5.82 Å². The van der Waals surface area contributed by atoms with Crippen molar-refractivity contribution in [2.24, 2.45) is 4.99 Å². The molecule has 1 N–H and O–H groups in total. The average Bonchev–Trinajstić information content (AvgIpc) is 3.29. The van der Waals surface area contributed by atoms with Gasteiger partial charge in [0, 0.05) is 18.2 Å². The molecule has 0 saturated heterocycles. The van der Waals surface area contributed by atoms with Gasteiger partial charge >= 0.3 is 5.97 Å². The second-order valence-electron chi connectivity index (χ2n) is 8.56. The third-order valence-electron chi connectivity index (χ3n) is 6.29. The van der Waals surface area contributed by atoms with Crippen LogP contribution in [0.1, 0.15) is 33.1 Å². The lowest BCUT2D eigenvalue weighted by Crippen LogP contribution is -2.36. The maximum Gasteiger partial charge on any atom is 0.335 e. The molecule has 0 amide bonds. The molecule has 8 heteroatoms. The first-order valence-corrected chi connectivity index (χ1v) is 11.5. The lowest BCUT2D eigenvalue weighted by molar-refractivity contribution is -0.614. The quantitative estimate of drug-likeness (QED) is 0.191. The largest absolute Gasteiger partial charge is 0.618 e. The number of hydrogen-bond acceptors (Lipinski definition) is 3. The minimum Gasteiger partial charge on any atom is -0.618 e. The highest BCUT2D eigenvalue weighted by Crippen LogP contribution is 2.35. The molecular weight excluding hydrogens is 486 g/mol. The Hall–Kier alpha value is -4.10. The molecule has 0 fully saturated rings. The standard InChI is InChI=1S/C28H19ClF2N2O3/c29-21-9-10-22(30)26(27(21)31)19-8-11-25(33(36)15-19)20(12-16-4-2-1-3-5-16)24-13-17-6-7-18(28(34)35)14-23(17)32-24/h1-11,14-15,20H,12-13H2,(H,34,35). The zero-order valence-electron chi connectivity index (χ0n) is 18.8. The number of halogens is 3. The van der Waals surface area contributed by atoms with Gasteiger partial charge in [-0.05, 0) is 47.9 Å². The normalized spacial score (nSPS) is 13.2. The third kappa shape index (κ3) is 4.45. The molecule has 5 nitrogen and oxygen atoms in total. The van der Waals surface area contributed by atoms with E-state index >= 15 is 0 Å². The van der Waals surface area contributed by atoms with E-state index in [1.807, 2.05) is 30.3 Å². The molecule has 180 valence electrons. The molecule has 1 aliphatic rings. The van der Waals surface area contributed by atoms with Gasteiger partial charge in [-0.3, -0.25) is 4.99 Å². The van der Waals surface area contributed by atoms with Gasteiger partial charge in [0.2, 0.25) is 5.69 Å². The summed E-state index contributed by atoms with van der Waals surface area (Å²) in [6, 6.07) is 19.6. The minimum atomic E-state index is -1.05. The smallest absolute Gasteiger partial charge is 0.335 e. The Kier molecular flexibility index (Phi) is 6.24. The fraction of sp³-hybridized carbons (Fsp3) is 0.107. The fourth-order valence-electron chi connectivity index (χ4n) is 4.49. The van der Waals surface area contributed by atoms with Crippen LogP contribution in [0.4, 0.5) is 14.5 Å². The number of carbonyl (C=O) groups is 1. The van der Waals surface area contributed by atoms with Gasteiger partial charge in [-0.1, -0.05) is 48.0 Å². The Morgan fingerprint density at radius 3 is 2.58 bits per heavy atom. The van der Waals surface area contributed by atoms with Gasteiger partial charge in [0.15, 0.2) is 12.0 Å². The molecule has 0 saturated carbocycles. The summed E-state index contributed by atoms with van der Waals surface area (Å²) in [6.45, 7) is 0. The number of pyridine rings is 1. The molecular formula is C28H19ClF2N2O3. The molecule has 1 atom stereocenters. The summed E-state index contributed by atoms with van der Waals surface area (Å²) in [5.41, 5.74) is 3.28. The van der Waals surface area contributed by atoms with Crippen molar-refractivity contribution >= 4 is 29.0 Å². The van der Waals surface area contributed by atoms with Crippen molar-refractivity contribution in [2.75, 3.05) is 0 Å². The number of aromatic carboxylic acids is 1. The summed E-state index contributed by atoms with van der Waals surface area (Å²) in [5, 5.41) is 22.3. The summed E-state index contributed by atoms with van der Waals surface area (Å²) < 4.78 is 29.6. The van der Waals surface area contributed by atoms with E-state index in [0.717, 1.165) is 29.5 Å². The highest BCUT2D eigenvalue weighted by atomic mass is 35.5. The second-order valence-corrected chi connectivity index (χ2v) is 8.96. The topological polar surface area (TPSA) is 76.6 Å². The number of benzene rings is 3. The van der Waals surface area contributed by atoms with E-state index in [1.54, 1.807) is 12.1 Å². The van der Waals surface area contributed by atoms with Gasteiger partial charge in [-0.25, -0.2) is 13.6 Å². The predicted octanol–water partition coefficient (Wildman–Crippen LogP) is 6.27. The van der Waals surface area contributed by atoms with Crippen LogP contribution >= 0.6 is 11.6 Å². The van der Waals surface area contributed by atoms with E-state index in [2.05, 4.69) is 0 Å². The summed E-state index contributed by atoms with van der Waals surface area (Å²) in [4.78, 5) is 16.1. The second kappa shape index (κ2) is 9.51. The van der Waals surface area contributed by atoms with Crippen LogP contribution in [-0.2, 0) is 12.8 Å². The minimum absolute atomic E-state index is 0.0625. The summed E-state index contributed by atoms with van der Waals surface area (Å²) in [5.74, 6) is -3.25. The van der Waals surface area contributed by atoms with Gasteiger partial charge < -0.3 is 10.3 Å². The number of rotatable bonds is 6. The summed E-state index contributed by atoms with van der Waals surface area (Å²) in [6.07, 6.45) is 2.04. The number of carboxylic acids is 1. The van der Waals surface area contributed by atoms with Crippen molar-refractivity contribution in [2.45, 2.75) is 18.8 Å². The van der Waals surface area contributed by atoms with Crippen LogP contribution in [0.3, 0.4) is 0 Å². The van der Waals surface area contributed by atoms with E-state index < -0.39 is 23.5 Å². The molecule has 4 aromatic rings. The SMILES string of the molecule is O=C(O)c1ccc2c(c1)N=C(C(Cc1ccccc1)c1ccc(-c3c(F)ccc(Cl)c3F)c[n+]1[O-])C2. The van der Waals surface area contributed by atoms with E-state index in [4.69, 9.17) is 16.6 Å². The van der Waals surface area contributed by atoms with Crippen LogP contribution < -0.4 is 4.73 Å². The van der Waals surface area contributed by atoms with Gasteiger partial charge in [-0.15, -0.1) is 0 Å². The maximum atomic E-state index is 14.6.